The van der Waals surface area contributed by atoms with Gasteiger partial charge in [-0.2, -0.15) is 0 Å². The van der Waals surface area contributed by atoms with Gasteiger partial charge in [0, 0.05) is 17.1 Å². The third-order valence-corrected chi connectivity index (χ3v) is 6.58. The Balaban J connectivity index is 1.23. The van der Waals surface area contributed by atoms with Crippen LogP contribution in [0.15, 0.2) is 77.7 Å². The normalized spacial score (nSPS) is 12.7. The van der Waals surface area contributed by atoms with Gasteiger partial charge in [0.25, 0.3) is 5.91 Å². The summed E-state index contributed by atoms with van der Waals surface area (Å²) in [4.78, 5) is 36.0. The van der Waals surface area contributed by atoms with Gasteiger partial charge in [0.1, 0.15) is 5.82 Å². The van der Waals surface area contributed by atoms with Gasteiger partial charge in [-0.25, -0.2) is 4.98 Å². The number of benzene rings is 3. The lowest BCUT2D eigenvalue weighted by Gasteiger charge is -2.17. The molecule has 2 heterocycles. The molecular formula is C25H22N4O2S. The summed E-state index contributed by atoms with van der Waals surface area (Å²) in [5.41, 5.74) is 4.57. The molecular weight excluding hydrogens is 420 g/mol. The minimum Gasteiger partial charge on any atom is -0.345 e. The fourth-order valence-electron chi connectivity index (χ4n) is 3.94. The average Bonchev–Trinajstić information content (AvgIpc) is 3.45. The molecule has 2 amide bonds. The lowest BCUT2D eigenvalue weighted by Crippen LogP contribution is -2.30. The fourth-order valence-corrected chi connectivity index (χ4v) is 4.87. The van der Waals surface area contributed by atoms with Crippen molar-refractivity contribution in [1.29, 1.82) is 0 Å². The van der Waals surface area contributed by atoms with Crippen molar-refractivity contribution >= 4 is 40.3 Å². The van der Waals surface area contributed by atoms with E-state index in [9.17, 15) is 9.59 Å². The van der Waals surface area contributed by atoms with Gasteiger partial charge in [-0.3, -0.25) is 9.59 Å². The predicted molar refractivity (Wildman–Crippen MR) is 127 cm³/mol. The molecule has 2 N–H and O–H groups in total. The maximum Gasteiger partial charge on any atom is 0.252 e. The lowest BCUT2D eigenvalue weighted by molar-refractivity contribution is -0.116. The number of amides is 2. The molecule has 0 radical (unpaired) electrons. The molecule has 160 valence electrons. The second-order valence-corrected chi connectivity index (χ2v) is 8.61. The number of fused-ring (bicyclic) bond motifs is 2. The van der Waals surface area contributed by atoms with Crippen LogP contribution in [0.4, 0.5) is 5.69 Å². The van der Waals surface area contributed by atoms with Crippen molar-refractivity contribution in [2.24, 2.45) is 0 Å². The van der Waals surface area contributed by atoms with E-state index >= 15 is 0 Å². The second-order valence-electron chi connectivity index (χ2n) is 7.59. The monoisotopic (exact) mass is 442 g/mol. The Kier molecular flexibility index (Phi) is 5.64. The van der Waals surface area contributed by atoms with Crippen molar-refractivity contribution in [2.45, 2.75) is 17.9 Å². The summed E-state index contributed by atoms with van der Waals surface area (Å²) in [5.74, 6) is 0.847. The summed E-state index contributed by atoms with van der Waals surface area (Å²) in [5, 5.41) is 2.93. The van der Waals surface area contributed by atoms with E-state index < -0.39 is 0 Å². The zero-order chi connectivity index (χ0) is 21.9. The van der Waals surface area contributed by atoms with E-state index in [1.54, 1.807) is 6.07 Å². The zero-order valence-corrected chi connectivity index (χ0v) is 18.2. The van der Waals surface area contributed by atoms with Crippen molar-refractivity contribution in [3.05, 3.63) is 89.7 Å². The number of H-pyrrole nitrogens is 1. The largest absolute Gasteiger partial charge is 0.345 e. The van der Waals surface area contributed by atoms with Gasteiger partial charge < -0.3 is 15.2 Å². The number of hydrogen-bond acceptors (Lipinski definition) is 4. The van der Waals surface area contributed by atoms with Crippen LogP contribution in [0.2, 0.25) is 0 Å². The molecule has 5 rings (SSSR count). The van der Waals surface area contributed by atoms with E-state index in [0.29, 0.717) is 24.5 Å². The third kappa shape index (κ3) is 4.11. The van der Waals surface area contributed by atoms with E-state index in [2.05, 4.69) is 21.4 Å². The van der Waals surface area contributed by atoms with Crippen LogP contribution in [0.5, 0.6) is 0 Å². The number of thioether (sulfide) groups is 1. The van der Waals surface area contributed by atoms with Crippen LogP contribution >= 0.6 is 11.8 Å². The lowest BCUT2D eigenvalue weighted by atomic mass is 10.2. The second kappa shape index (κ2) is 8.88. The van der Waals surface area contributed by atoms with E-state index in [1.807, 2.05) is 65.6 Å². The van der Waals surface area contributed by atoms with Crippen LogP contribution in [-0.4, -0.2) is 34.1 Å². The van der Waals surface area contributed by atoms with Crippen LogP contribution in [0.3, 0.4) is 0 Å². The molecule has 1 aliphatic heterocycles. The quantitative estimate of drug-likeness (QED) is 0.439. The van der Waals surface area contributed by atoms with Crippen LogP contribution in [0.25, 0.3) is 11.0 Å². The number of aromatic amines is 1. The molecule has 4 aromatic rings. The smallest absolute Gasteiger partial charge is 0.252 e. The summed E-state index contributed by atoms with van der Waals surface area (Å²) in [6.45, 7) is 1.01. The number of carbonyl (C=O) groups is 2. The summed E-state index contributed by atoms with van der Waals surface area (Å²) in [6.07, 6.45) is 0.882. The molecule has 1 aliphatic rings. The average molecular weight is 443 g/mol. The predicted octanol–water partition coefficient (Wildman–Crippen LogP) is 4.17. The van der Waals surface area contributed by atoms with Crippen molar-refractivity contribution in [2.75, 3.05) is 17.2 Å². The summed E-state index contributed by atoms with van der Waals surface area (Å²) >= 11 is 1.39. The van der Waals surface area contributed by atoms with Crippen molar-refractivity contribution < 1.29 is 9.59 Å². The Bertz CT molecular complexity index is 1270. The van der Waals surface area contributed by atoms with Crippen molar-refractivity contribution in [3.8, 4) is 0 Å². The molecule has 0 bridgehead atoms. The molecule has 0 saturated heterocycles. The fraction of sp³-hybridized carbons (Fsp3) is 0.160. The molecule has 0 saturated carbocycles. The number of nitrogens with one attached hydrogen (secondary N) is 2. The summed E-state index contributed by atoms with van der Waals surface area (Å²) < 4.78 is 0. The molecule has 0 aliphatic carbocycles. The number of rotatable bonds is 6. The van der Waals surface area contributed by atoms with Gasteiger partial charge in [-0.1, -0.05) is 42.5 Å². The van der Waals surface area contributed by atoms with Gasteiger partial charge in [-0.05, 0) is 42.3 Å². The van der Waals surface area contributed by atoms with Crippen molar-refractivity contribution in [3.63, 3.8) is 0 Å². The SMILES string of the molecule is O=C(NCc1nc2ccccc2[nH]1)c1ccccc1SCC(=O)N1CCc2ccccc21. The Morgan fingerprint density at radius 3 is 2.69 bits per heavy atom. The van der Waals surface area contributed by atoms with Crippen LogP contribution in [0.1, 0.15) is 21.7 Å². The molecule has 6 nitrogen and oxygen atoms in total. The topological polar surface area (TPSA) is 78.1 Å². The van der Waals surface area contributed by atoms with E-state index in [4.69, 9.17) is 0 Å². The summed E-state index contributed by atoms with van der Waals surface area (Å²) in [6, 6.07) is 23.2. The van der Waals surface area contributed by atoms with Gasteiger partial charge in [0.15, 0.2) is 0 Å². The number of imidazole rings is 1. The Hall–Kier alpha value is -3.58. The molecule has 0 fully saturated rings. The first-order valence-corrected chi connectivity index (χ1v) is 11.5. The first-order chi connectivity index (χ1) is 15.7. The number of para-hydroxylation sites is 3. The molecule has 3 aromatic carbocycles. The zero-order valence-electron chi connectivity index (χ0n) is 17.4. The highest BCUT2D eigenvalue weighted by Gasteiger charge is 2.24. The molecule has 0 atom stereocenters. The standard InChI is InChI=1S/C25H22N4O2S/c30-24(29-14-13-17-7-1-5-11-21(17)29)16-32-22-12-6-2-8-18(22)25(31)26-15-23-27-19-9-3-4-10-20(19)28-23/h1-12H,13-16H2,(H,26,31)(H,27,28). The molecule has 7 heteroatoms. The van der Waals surface area contributed by atoms with Crippen LogP contribution < -0.4 is 10.2 Å². The van der Waals surface area contributed by atoms with E-state index in [0.717, 1.165) is 28.0 Å². The number of hydrogen-bond donors (Lipinski definition) is 2. The van der Waals surface area contributed by atoms with E-state index in [1.165, 1.54) is 17.3 Å². The first kappa shape index (κ1) is 20.3. The van der Waals surface area contributed by atoms with Crippen LogP contribution in [0, 0.1) is 0 Å². The number of carbonyl (C=O) groups excluding carboxylic acids is 2. The minimum atomic E-state index is -0.187. The van der Waals surface area contributed by atoms with Gasteiger partial charge >= 0.3 is 0 Å². The summed E-state index contributed by atoms with van der Waals surface area (Å²) in [7, 11) is 0. The highest BCUT2D eigenvalue weighted by atomic mass is 32.2. The van der Waals surface area contributed by atoms with Gasteiger partial charge in [0.05, 0.1) is 28.9 Å². The number of nitrogens with zero attached hydrogens (tertiary/aromatic N) is 2. The van der Waals surface area contributed by atoms with Gasteiger partial charge in [0.2, 0.25) is 5.91 Å². The maximum absolute atomic E-state index is 12.9. The first-order valence-electron chi connectivity index (χ1n) is 10.5. The Labute approximate surface area is 190 Å². The highest BCUT2D eigenvalue weighted by Crippen LogP contribution is 2.29. The Morgan fingerprint density at radius 2 is 1.78 bits per heavy atom. The van der Waals surface area contributed by atoms with Crippen molar-refractivity contribution in [1.82, 2.24) is 15.3 Å². The maximum atomic E-state index is 12.9. The minimum absolute atomic E-state index is 0.0532. The molecule has 0 spiro atoms. The number of aromatic nitrogens is 2. The Morgan fingerprint density at radius 1 is 1.00 bits per heavy atom. The molecule has 0 unspecified atom stereocenters. The number of anilines is 1. The molecule has 1 aromatic heterocycles. The highest BCUT2D eigenvalue weighted by molar-refractivity contribution is 8.00. The molecule has 32 heavy (non-hydrogen) atoms. The van der Waals surface area contributed by atoms with E-state index in [-0.39, 0.29) is 17.6 Å². The van der Waals surface area contributed by atoms with Gasteiger partial charge in [-0.15, -0.1) is 11.8 Å². The van der Waals surface area contributed by atoms with Crippen LogP contribution in [-0.2, 0) is 17.8 Å². The third-order valence-electron chi connectivity index (χ3n) is 5.53.